The average Bonchev–Trinajstić information content (AvgIpc) is 2.44. The van der Waals surface area contributed by atoms with E-state index in [4.69, 9.17) is 0 Å². The third-order valence-electron chi connectivity index (χ3n) is 3.77. The Bertz CT molecular complexity index is 450. The van der Waals surface area contributed by atoms with Gasteiger partial charge in [0.2, 0.25) is 0 Å². The highest BCUT2D eigenvalue weighted by Gasteiger charge is 2.24. The number of aromatic nitrogens is 1. The first-order valence-corrected chi connectivity index (χ1v) is 6.68. The number of aryl methyl sites for hydroxylation is 1. The van der Waals surface area contributed by atoms with Gasteiger partial charge in [0.05, 0.1) is 0 Å². The molecular weight excluding hydrogens is 222 g/mol. The summed E-state index contributed by atoms with van der Waals surface area (Å²) in [7, 11) is 0. The molecule has 0 amide bonds. The Balaban J connectivity index is 3.38. The topological polar surface area (TPSA) is 30.0 Å². The van der Waals surface area contributed by atoms with Gasteiger partial charge < -0.3 is 0 Å². The van der Waals surface area contributed by atoms with Crippen molar-refractivity contribution in [3.63, 3.8) is 0 Å². The number of ketones is 1. The molecule has 1 atom stereocenters. The van der Waals surface area contributed by atoms with Gasteiger partial charge in [-0.25, -0.2) is 0 Å². The minimum atomic E-state index is -0.0863. The monoisotopic (exact) mass is 245 g/mol. The predicted molar refractivity (Wildman–Crippen MR) is 76.1 cm³/mol. The number of pyridine rings is 1. The van der Waals surface area contributed by atoms with Gasteiger partial charge in [-0.2, -0.15) is 0 Å². The van der Waals surface area contributed by atoms with Gasteiger partial charge in [-0.05, 0) is 30.0 Å². The Labute approximate surface area is 110 Å². The van der Waals surface area contributed by atoms with Crippen molar-refractivity contribution in [2.24, 2.45) is 0 Å². The summed E-state index contributed by atoms with van der Waals surface area (Å²) in [5.41, 5.74) is 2.88. The fourth-order valence-electron chi connectivity index (χ4n) is 2.08. The maximum absolute atomic E-state index is 11.8. The standard InChI is InChI=1S/C16H23NO/c1-6-12-11-17-14(15(18)7-2)10-13(12)16(5,8-3)9-4/h8,10-11H,3,6-7,9H2,1-2,4-5H3. The van der Waals surface area contributed by atoms with Crippen molar-refractivity contribution in [3.05, 3.63) is 41.7 Å². The van der Waals surface area contributed by atoms with E-state index in [0.29, 0.717) is 12.1 Å². The maximum atomic E-state index is 11.8. The molecule has 1 aromatic heterocycles. The summed E-state index contributed by atoms with van der Waals surface area (Å²) in [6.45, 7) is 12.2. The highest BCUT2D eigenvalue weighted by Crippen LogP contribution is 2.32. The van der Waals surface area contributed by atoms with E-state index in [9.17, 15) is 4.79 Å². The van der Waals surface area contributed by atoms with E-state index in [1.807, 2.05) is 25.3 Å². The first-order valence-electron chi connectivity index (χ1n) is 6.68. The molecule has 0 N–H and O–H groups in total. The summed E-state index contributed by atoms with van der Waals surface area (Å²) in [4.78, 5) is 16.1. The van der Waals surface area contributed by atoms with Crippen LogP contribution in [-0.2, 0) is 11.8 Å². The first-order chi connectivity index (χ1) is 8.52. The van der Waals surface area contributed by atoms with E-state index in [-0.39, 0.29) is 11.2 Å². The fraction of sp³-hybridized carbons (Fsp3) is 0.500. The Morgan fingerprint density at radius 2 is 2.11 bits per heavy atom. The third-order valence-corrected chi connectivity index (χ3v) is 3.77. The number of Topliss-reactive ketones (excluding diaryl/α,β-unsaturated/α-hetero) is 1. The van der Waals surface area contributed by atoms with E-state index in [1.54, 1.807) is 0 Å². The molecule has 0 saturated carbocycles. The Kier molecular flexibility index (Phi) is 4.83. The summed E-state index contributed by atoms with van der Waals surface area (Å²) in [6, 6.07) is 1.95. The number of carbonyl (C=O) groups is 1. The second-order valence-electron chi connectivity index (χ2n) is 4.83. The van der Waals surface area contributed by atoms with Crippen LogP contribution >= 0.6 is 0 Å². The van der Waals surface area contributed by atoms with Gasteiger partial charge in [-0.15, -0.1) is 6.58 Å². The number of hydrogen-bond acceptors (Lipinski definition) is 2. The molecule has 1 aromatic rings. The predicted octanol–water partition coefficient (Wildman–Crippen LogP) is 4.09. The quantitative estimate of drug-likeness (QED) is 0.558. The molecule has 2 heteroatoms. The highest BCUT2D eigenvalue weighted by molar-refractivity contribution is 5.94. The number of carbonyl (C=O) groups excluding carboxylic acids is 1. The molecule has 1 heterocycles. The van der Waals surface area contributed by atoms with E-state index < -0.39 is 0 Å². The van der Waals surface area contributed by atoms with E-state index in [0.717, 1.165) is 12.8 Å². The van der Waals surface area contributed by atoms with Crippen molar-refractivity contribution in [2.75, 3.05) is 0 Å². The van der Waals surface area contributed by atoms with Crippen LogP contribution in [0.15, 0.2) is 24.9 Å². The van der Waals surface area contributed by atoms with Gasteiger partial charge in [0.1, 0.15) is 5.69 Å². The van der Waals surface area contributed by atoms with Gasteiger partial charge in [0.25, 0.3) is 0 Å². The SMILES string of the molecule is C=CC(C)(CC)c1cc(C(=O)CC)ncc1CC. The van der Waals surface area contributed by atoms with Crippen molar-refractivity contribution in [1.29, 1.82) is 0 Å². The summed E-state index contributed by atoms with van der Waals surface area (Å²) in [5, 5.41) is 0. The smallest absolute Gasteiger partial charge is 0.180 e. The molecule has 1 unspecified atom stereocenters. The van der Waals surface area contributed by atoms with Crippen LogP contribution in [0.5, 0.6) is 0 Å². The Morgan fingerprint density at radius 3 is 2.56 bits per heavy atom. The van der Waals surface area contributed by atoms with Crippen LogP contribution in [0.3, 0.4) is 0 Å². The molecule has 2 nitrogen and oxygen atoms in total. The van der Waals surface area contributed by atoms with Crippen molar-refractivity contribution >= 4 is 5.78 Å². The van der Waals surface area contributed by atoms with Crippen LogP contribution in [0, 0.1) is 0 Å². The van der Waals surface area contributed by atoms with E-state index >= 15 is 0 Å². The van der Waals surface area contributed by atoms with Crippen LogP contribution in [0.1, 0.15) is 62.2 Å². The molecular formula is C16H23NO. The Hall–Kier alpha value is -1.44. The third kappa shape index (κ3) is 2.69. The molecule has 18 heavy (non-hydrogen) atoms. The lowest BCUT2D eigenvalue weighted by molar-refractivity contribution is 0.0983. The van der Waals surface area contributed by atoms with Gasteiger partial charge in [-0.3, -0.25) is 9.78 Å². The molecule has 0 aliphatic carbocycles. The number of nitrogens with zero attached hydrogens (tertiary/aromatic N) is 1. The molecule has 0 bridgehead atoms. The van der Waals surface area contributed by atoms with Crippen molar-refractivity contribution in [3.8, 4) is 0 Å². The van der Waals surface area contributed by atoms with Crippen LogP contribution in [0.25, 0.3) is 0 Å². The lowest BCUT2D eigenvalue weighted by Crippen LogP contribution is -2.21. The molecule has 0 spiro atoms. The average molecular weight is 245 g/mol. The van der Waals surface area contributed by atoms with Gasteiger partial charge in [0.15, 0.2) is 5.78 Å². The Morgan fingerprint density at radius 1 is 1.44 bits per heavy atom. The summed E-state index contributed by atoms with van der Waals surface area (Å²) >= 11 is 0. The summed E-state index contributed by atoms with van der Waals surface area (Å²) in [5.74, 6) is 0.0985. The number of hydrogen-bond donors (Lipinski definition) is 0. The van der Waals surface area contributed by atoms with E-state index in [1.165, 1.54) is 11.1 Å². The molecule has 0 aliphatic heterocycles. The van der Waals surface area contributed by atoms with Crippen LogP contribution in [0.4, 0.5) is 0 Å². The molecule has 1 rings (SSSR count). The summed E-state index contributed by atoms with van der Waals surface area (Å²) in [6.07, 6.45) is 6.20. The molecule has 0 aromatic carbocycles. The molecule has 0 saturated heterocycles. The van der Waals surface area contributed by atoms with Crippen molar-refractivity contribution < 1.29 is 4.79 Å². The number of rotatable bonds is 6. The zero-order valence-corrected chi connectivity index (χ0v) is 11.9. The second kappa shape index (κ2) is 5.94. The maximum Gasteiger partial charge on any atom is 0.180 e. The van der Waals surface area contributed by atoms with Gasteiger partial charge >= 0.3 is 0 Å². The van der Waals surface area contributed by atoms with Crippen LogP contribution < -0.4 is 0 Å². The molecule has 98 valence electrons. The first kappa shape index (κ1) is 14.6. The van der Waals surface area contributed by atoms with Gasteiger partial charge in [0, 0.05) is 18.0 Å². The zero-order valence-electron chi connectivity index (χ0n) is 11.9. The largest absolute Gasteiger partial charge is 0.292 e. The minimum Gasteiger partial charge on any atom is -0.292 e. The highest BCUT2D eigenvalue weighted by atomic mass is 16.1. The summed E-state index contributed by atoms with van der Waals surface area (Å²) < 4.78 is 0. The fourth-order valence-corrected chi connectivity index (χ4v) is 2.08. The molecule has 0 aliphatic rings. The second-order valence-corrected chi connectivity index (χ2v) is 4.83. The van der Waals surface area contributed by atoms with E-state index in [2.05, 4.69) is 32.3 Å². The lowest BCUT2D eigenvalue weighted by Gasteiger charge is -2.27. The van der Waals surface area contributed by atoms with Crippen molar-refractivity contribution in [1.82, 2.24) is 4.98 Å². The zero-order chi connectivity index (χ0) is 13.8. The van der Waals surface area contributed by atoms with Crippen molar-refractivity contribution in [2.45, 2.75) is 52.4 Å². The number of allylic oxidation sites excluding steroid dienone is 1. The lowest BCUT2D eigenvalue weighted by atomic mass is 9.77. The van der Waals surface area contributed by atoms with Gasteiger partial charge in [-0.1, -0.05) is 33.8 Å². The van der Waals surface area contributed by atoms with Crippen LogP contribution in [0.2, 0.25) is 0 Å². The molecule has 0 radical (unpaired) electrons. The normalized spacial score (nSPS) is 14.0. The molecule has 0 fully saturated rings. The minimum absolute atomic E-state index is 0.0863. The van der Waals surface area contributed by atoms with Crippen LogP contribution in [-0.4, -0.2) is 10.8 Å².